The van der Waals surface area contributed by atoms with Gasteiger partial charge in [0.05, 0.1) is 0 Å². The molecule has 8 heavy (non-hydrogen) atoms. The molecule has 0 spiro atoms. The van der Waals surface area contributed by atoms with Gasteiger partial charge in [-0.25, -0.2) is 0 Å². The normalized spacial score (nSPS) is 12.2. The van der Waals surface area contributed by atoms with Gasteiger partial charge in [-0.3, -0.25) is 5.41 Å². The van der Waals surface area contributed by atoms with Crippen molar-refractivity contribution in [3.8, 4) is 0 Å². The molecule has 46 valence electrons. The molecule has 0 saturated carbocycles. The van der Waals surface area contributed by atoms with Crippen LogP contribution in [0.4, 0.5) is 0 Å². The fourth-order valence-electron chi connectivity index (χ4n) is 0.280. The lowest BCUT2D eigenvalue weighted by molar-refractivity contribution is 0.591. The van der Waals surface area contributed by atoms with E-state index < -0.39 is 0 Å². The number of rotatable bonds is 4. The predicted molar refractivity (Wildman–Crippen MR) is 35.5 cm³/mol. The minimum Gasteiger partial charge on any atom is -0.557 e. The number of hydrogen-bond acceptors (Lipinski definition) is 3. The van der Waals surface area contributed by atoms with Crippen LogP contribution in [0.5, 0.6) is 0 Å². The van der Waals surface area contributed by atoms with Crippen molar-refractivity contribution in [2.75, 3.05) is 6.54 Å². The average Bonchev–Trinajstić information content (AvgIpc) is 1.83. The van der Waals surface area contributed by atoms with Gasteiger partial charge in [0.1, 0.15) is 6.40 Å². The van der Waals surface area contributed by atoms with E-state index >= 15 is 0 Å². The summed E-state index contributed by atoms with van der Waals surface area (Å²) in [6, 6.07) is 0. The second-order valence-corrected chi connectivity index (χ2v) is 1.79. The third-order valence-corrected chi connectivity index (χ3v) is 0.866. The van der Waals surface area contributed by atoms with Crippen LogP contribution in [0.25, 0.3) is 0 Å². The van der Waals surface area contributed by atoms with Gasteiger partial charge in [0, 0.05) is 0 Å². The fraction of sp³-hybridized carbons (Fsp3) is 0.750. The monoisotopic (exact) mass is 114 g/mol. The van der Waals surface area contributed by atoms with Crippen LogP contribution in [0, 0.1) is 5.41 Å². The van der Waals surface area contributed by atoms with Crippen LogP contribution >= 0.6 is 0 Å². The molecule has 0 aromatic heterocycles. The van der Waals surface area contributed by atoms with Crippen molar-refractivity contribution < 1.29 is 4.65 Å². The molecule has 0 aliphatic heterocycles. The summed E-state index contributed by atoms with van der Waals surface area (Å²) in [7, 11) is 0.556. The largest absolute Gasteiger partial charge is 0.557 e. The Balaban J connectivity index is 2.97. The minimum atomic E-state index is 0.358. The van der Waals surface area contributed by atoms with Crippen LogP contribution in [0.2, 0.25) is 5.82 Å². The molecule has 3 N–H and O–H groups in total. The van der Waals surface area contributed by atoms with E-state index in [0.717, 1.165) is 6.40 Å². The summed E-state index contributed by atoms with van der Waals surface area (Å²) in [6.45, 7) is 2.59. The number of nitrogens with two attached hydrogens (primary N) is 1. The van der Waals surface area contributed by atoms with Gasteiger partial charge in [-0.2, -0.15) is 0 Å². The fourth-order valence-corrected chi connectivity index (χ4v) is 0.280. The smallest absolute Gasteiger partial charge is 0.345 e. The summed E-state index contributed by atoms with van der Waals surface area (Å²) in [5, 5.41) is 6.48. The SMILES string of the molecule is CC(BOC=N)CN. The van der Waals surface area contributed by atoms with E-state index in [1.807, 2.05) is 6.92 Å². The van der Waals surface area contributed by atoms with E-state index in [1.54, 1.807) is 0 Å². The van der Waals surface area contributed by atoms with Gasteiger partial charge in [0.15, 0.2) is 0 Å². The maximum Gasteiger partial charge on any atom is 0.345 e. The molecule has 0 aromatic carbocycles. The van der Waals surface area contributed by atoms with Gasteiger partial charge in [-0.1, -0.05) is 6.92 Å². The van der Waals surface area contributed by atoms with E-state index in [-0.39, 0.29) is 0 Å². The Morgan fingerprint density at radius 2 is 2.62 bits per heavy atom. The molecule has 1 atom stereocenters. The standard InChI is InChI=1S/C4H11BN2O/c1-4(2-6)5-8-3-7/h3-5,7H,2,6H2,1H3. The Morgan fingerprint density at radius 1 is 2.00 bits per heavy atom. The molecule has 3 nitrogen and oxygen atoms in total. The first-order valence-electron chi connectivity index (χ1n) is 2.62. The van der Waals surface area contributed by atoms with Crippen molar-refractivity contribution in [1.82, 2.24) is 0 Å². The lowest BCUT2D eigenvalue weighted by Gasteiger charge is -2.02. The molecule has 0 aromatic rings. The van der Waals surface area contributed by atoms with Gasteiger partial charge in [-0.15, -0.1) is 0 Å². The Labute approximate surface area is 50.0 Å². The second-order valence-electron chi connectivity index (χ2n) is 1.79. The second kappa shape index (κ2) is 4.65. The van der Waals surface area contributed by atoms with E-state index in [9.17, 15) is 0 Å². The van der Waals surface area contributed by atoms with E-state index in [1.165, 1.54) is 0 Å². The summed E-state index contributed by atoms with van der Waals surface area (Å²) in [5.41, 5.74) is 5.26. The van der Waals surface area contributed by atoms with Crippen LogP contribution in [0.15, 0.2) is 0 Å². The number of hydrogen-bond donors (Lipinski definition) is 2. The first-order chi connectivity index (χ1) is 3.81. The molecule has 0 aliphatic rings. The van der Waals surface area contributed by atoms with Gasteiger partial charge in [-0.05, 0) is 12.4 Å². The molecule has 0 radical (unpaired) electrons. The molecule has 4 heteroatoms. The first kappa shape index (κ1) is 7.49. The van der Waals surface area contributed by atoms with Crippen LogP contribution in [-0.2, 0) is 4.65 Å². The van der Waals surface area contributed by atoms with Crippen molar-refractivity contribution in [1.29, 1.82) is 5.41 Å². The zero-order valence-corrected chi connectivity index (χ0v) is 5.05. The Morgan fingerprint density at radius 3 is 3.00 bits per heavy atom. The lowest BCUT2D eigenvalue weighted by atomic mass is 9.82. The van der Waals surface area contributed by atoms with Gasteiger partial charge < -0.3 is 10.4 Å². The summed E-state index contributed by atoms with van der Waals surface area (Å²) in [5.74, 6) is 0.358. The zero-order valence-electron chi connectivity index (χ0n) is 5.05. The van der Waals surface area contributed by atoms with Crippen LogP contribution in [0.1, 0.15) is 6.92 Å². The molecule has 1 unspecified atom stereocenters. The van der Waals surface area contributed by atoms with Crippen LogP contribution in [0.3, 0.4) is 0 Å². The van der Waals surface area contributed by atoms with E-state index in [4.69, 9.17) is 11.1 Å². The van der Waals surface area contributed by atoms with Crippen molar-refractivity contribution in [3.63, 3.8) is 0 Å². The molecule has 0 amide bonds. The number of nitrogens with one attached hydrogen (secondary N) is 1. The maximum atomic E-state index is 6.48. The highest BCUT2D eigenvalue weighted by atomic mass is 16.4. The molecule has 0 saturated heterocycles. The van der Waals surface area contributed by atoms with Crippen molar-refractivity contribution in [3.05, 3.63) is 0 Å². The molecule has 0 bridgehead atoms. The lowest BCUT2D eigenvalue weighted by Crippen LogP contribution is -2.13. The van der Waals surface area contributed by atoms with Gasteiger partial charge in [0.2, 0.25) is 0 Å². The third-order valence-electron chi connectivity index (χ3n) is 0.866. The van der Waals surface area contributed by atoms with Crippen molar-refractivity contribution in [2.24, 2.45) is 5.73 Å². The van der Waals surface area contributed by atoms with Gasteiger partial charge >= 0.3 is 7.48 Å². The maximum absolute atomic E-state index is 6.48. The zero-order chi connectivity index (χ0) is 6.41. The third kappa shape index (κ3) is 3.68. The molecule has 0 heterocycles. The summed E-state index contributed by atoms with van der Waals surface area (Å²) < 4.78 is 4.65. The molecule has 0 fully saturated rings. The summed E-state index contributed by atoms with van der Waals surface area (Å²) in [6.07, 6.45) is 0.937. The van der Waals surface area contributed by atoms with E-state index in [0.29, 0.717) is 19.8 Å². The molecular formula is C4H11BN2O. The first-order valence-corrected chi connectivity index (χ1v) is 2.62. The van der Waals surface area contributed by atoms with Crippen LogP contribution in [-0.4, -0.2) is 20.4 Å². The van der Waals surface area contributed by atoms with Crippen molar-refractivity contribution in [2.45, 2.75) is 12.7 Å². The highest BCUT2D eigenvalue weighted by Crippen LogP contribution is 1.94. The summed E-state index contributed by atoms with van der Waals surface area (Å²) >= 11 is 0. The average molecular weight is 114 g/mol. The van der Waals surface area contributed by atoms with E-state index in [2.05, 4.69) is 4.65 Å². The topological polar surface area (TPSA) is 59.1 Å². The van der Waals surface area contributed by atoms with Gasteiger partial charge in [0.25, 0.3) is 0 Å². The minimum absolute atomic E-state index is 0.358. The molecule has 0 aliphatic carbocycles. The van der Waals surface area contributed by atoms with Crippen LogP contribution < -0.4 is 5.73 Å². The molecule has 0 rings (SSSR count). The Kier molecular flexibility index (Phi) is 4.36. The Hall–Kier alpha value is -0.505. The van der Waals surface area contributed by atoms with Crippen molar-refractivity contribution >= 4 is 13.9 Å². The predicted octanol–water partition coefficient (Wildman–Crippen LogP) is -0.271. The quantitative estimate of drug-likeness (QED) is 0.300. The molecular weight excluding hydrogens is 103 g/mol. The summed E-state index contributed by atoms with van der Waals surface area (Å²) in [4.78, 5) is 0. The Bertz CT molecular complexity index is 69.1. The highest BCUT2D eigenvalue weighted by molar-refractivity contribution is 6.31. The highest BCUT2D eigenvalue weighted by Gasteiger charge is 1.99.